The molecule has 1 N–H and O–H groups in total. The number of hydrogen-bond donors (Lipinski definition) is 1. The lowest BCUT2D eigenvalue weighted by Gasteiger charge is -2.24. The van der Waals surface area contributed by atoms with Crippen molar-refractivity contribution in [3.63, 3.8) is 0 Å². The first-order valence-corrected chi connectivity index (χ1v) is 15.3. The summed E-state index contributed by atoms with van der Waals surface area (Å²) in [6.07, 6.45) is 0.512. The lowest BCUT2D eigenvalue weighted by molar-refractivity contribution is -0.385. The van der Waals surface area contributed by atoms with E-state index in [4.69, 9.17) is 14.6 Å². The summed E-state index contributed by atoms with van der Waals surface area (Å²) < 4.78 is 12.9. The van der Waals surface area contributed by atoms with Gasteiger partial charge >= 0.3 is 0 Å². The van der Waals surface area contributed by atoms with Gasteiger partial charge in [0.25, 0.3) is 17.5 Å². The Kier molecular flexibility index (Phi) is 9.25. The minimum atomic E-state index is -0.522. The molecule has 1 aliphatic rings. The third-order valence-corrected chi connectivity index (χ3v) is 9.09. The van der Waals surface area contributed by atoms with Crippen molar-refractivity contribution in [2.24, 2.45) is 12.1 Å². The molecule has 2 amide bonds. The number of carbonyl (C=O) groups excluding carboxylic acids is 2. The van der Waals surface area contributed by atoms with Crippen LogP contribution >= 0.6 is 23.1 Å². The van der Waals surface area contributed by atoms with Gasteiger partial charge < -0.3 is 19.4 Å². The van der Waals surface area contributed by atoms with Crippen molar-refractivity contribution >= 4 is 46.3 Å². The predicted molar refractivity (Wildman–Crippen MR) is 165 cm³/mol. The number of thioether (sulfide) groups is 1. The van der Waals surface area contributed by atoms with E-state index in [9.17, 15) is 19.7 Å². The Balaban J connectivity index is 1.29. The molecule has 44 heavy (non-hydrogen) atoms. The number of benzene rings is 2. The van der Waals surface area contributed by atoms with E-state index in [1.807, 2.05) is 29.6 Å². The Labute approximate surface area is 261 Å². The summed E-state index contributed by atoms with van der Waals surface area (Å²) in [6.45, 7) is 1.57. The van der Waals surface area contributed by atoms with Gasteiger partial charge in [0.05, 0.1) is 48.1 Å². The van der Waals surface area contributed by atoms with Crippen LogP contribution in [0.1, 0.15) is 44.6 Å². The molecule has 4 aromatic rings. The van der Waals surface area contributed by atoms with Crippen molar-refractivity contribution in [2.75, 3.05) is 20.0 Å². The average Bonchev–Trinajstić information content (AvgIpc) is 3.79. The van der Waals surface area contributed by atoms with Crippen LogP contribution in [0, 0.1) is 17.0 Å². The fourth-order valence-corrected chi connectivity index (χ4v) is 6.39. The molecule has 3 heterocycles. The molecule has 0 saturated heterocycles. The molecule has 228 valence electrons. The zero-order valence-electron chi connectivity index (χ0n) is 24.3. The van der Waals surface area contributed by atoms with Crippen molar-refractivity contribution in [3.05, 3.63) is 91.4 Å². The Bertz CT molecular complexity index is 1740. The van der Waals surface area contributed by atoms with Crippen LogP contribution in [-0.4, -0.2) is 62.2 Å². The number of hydrogen-bond acceptors (Lipinski definition) is 11. The number of hydrazone groups is 1. The maximum absolute atomic E-state index is 13.6. The molecule has 0 radical (unpaired) electrons. The number of nitrogens with one attached hydrogen (secondary N) is 1. The summed E-state index contributed by atoms with van der Waals surface area (Å²) in [5.41, 5.74) is 1.95. The van der Waals surface area contributed by atoms with Gasteiger partial charge in [-0.05, 0) is 30.5 Å². The SMILES string of the molecule is COc1cccc(C2CC(c3cccs3)=NN2C(=O)CSc2nnc(CNC(=O)c3cccc([N+](=O)[O-])c3C)n2C)c1OC. The van der Waals surface area contributed by atoms with Crippen molar-refractivity contribution < 1.29 is 24.0 Å². The third-order valence-electron chi connectivity index (χ3n) is 7.17. The number of carbonyl (C=O) groups is 2. The molecule has 1 unspecified atom stereocenters. The highest BCUT2D eigenvalue weighted by molar-refractivity contribution is 7.99. The third kappa shape index (κ3) is 6.14. The van der Waals surface area contributed by atoms with E-state index in [0.717, 1.165) is 16.2 Å². The van der Waals surface area contributed by atoms with Crippen LogP contribution in [0.2, 0.25) is 0 Å². The maximum atomic E-state index is 13.6. The van der Waals surface area contributed by atoms with Crippen LogP contribution in [0.3, 0.4) is 0 Å². The monoisotopic (exact) mass is 635 g/mol. The van der Waals surface area contributed by atoms with Gasteiger partial charge in [-0.25, -0.2) is 5.01 Å². The van der Waals surface area contributed by atoms with Gasteiger partial charge in [0, 0.05) is 36.2 Å². The Morgan fingerprint density at radius 2 is 1.93 bits per heavy atom. The standard InChI is InChI=1S/C29H29N7O6S2/c1-17-18(8-5-10-21(17)36(39)40)28(38)30-15-25-31-32-29(34(25)2)44-16-26(37)35-22(14-20(33-35)24-12-7-13-43-24)19-9-6-11-23(41-3)27(19)42-4/h5-13,22H,14-16H2,1-4H3,(H,30,38). The highest BCUT2D eigenvalue weighted by Crippen LogP contribution is 2.42. The molecular weight excluding hydrogens is 606 g/mol. The van der Waals surface area contributed by atoms with E-state index in [1.54, 1.807) is 43.2 Å². The molecule has 0 fully saturated rings. The molecule has 15 heteroatoms. The second kappa shape index (κ2) is 13.3. The summed E-state index contributed by atoms with van der Waals surface area (Å²) in [5, 5.41) is 31.0. The van der Waals surface area contributed by atoms with Gasteiger partial charge in [-0.2, -0.15) is 5.10 Å². The zero-order valence-corrected chi connectivity index (χ0v) is 26.0. The van der Waals surface area contributed by atoms with Gasteiger partial charge in [0.1, 0.15) is 0 Å². The van der Waals surface area contributed by atoms with Gasteiger partial charge in [-0.1, -0.05) is 36.0 Å². The highest BCUT2D eigenvalue weighted by atomic mass is 32.2. The number of methoxy groups -OCH3 is 2. The summed E-state index contributed by atoms with van der Waals surface area (Å²) in [6, 6.07) is 13.5. The zero-order chi connectivity index (χ0) is 31.4. The van der Waals surface area contributed by atoms with Crippen LogP contribution in [0.4, 0.5) is 5.69 Å². The molecule has 0 aliphatic carbocycles. The van der Waals surface area contributed by atoms with Crippen LogP contribution in [0.25, 0.3) is 0 Å². The highest BCUT2D eigenvalue weighted by Gasteiger charge is 2.36. The van der Waals surface area contributed by atoms with E-state index in [2.05, 4.69) is 15.5 Å². The van der Waals surface area contributed by atoms with Gasteiger partial charge in [-0.15, -0.1) is 21.5 Å². The lowest BCUT2D eigenvalue weighted by atomic mass is 9.99. The number of nitro groups is 1. The fraction of sp³-hybridized carbons (Fsp3) is 0.276. The largest absolute Gasteiger partial charge is 0.493 e. The predicted octanol–water partition coefficient (Wildman–Crippen LogP) is 4.51. The number of nitro benzene ring substituents is 1. The molecular formula is C29H29N7O6S2. The van der Waals surface area contributed by atoms with Crippen LogP contribution < -0.4 is 14.8 Å². The van der Waals surface area contributed by atoms with E-state index in [1.165, 1.54) is 41.9 Å². The second-order valence-corrected chi connectivity index (χ2v) is 11.6. The van der Waals surface area contributed by atoms with E-state index in [0.29, 0.717) is 28.9 Å². The Hall–Kier alpha value is -4.76. The normalized spacial score (nSPS) is 14.3. The number of rotatable bonds is 11. The second-order valence-electron chi connectivity index (χ2n) is 9.70. The molecule has 1 aliphatic heterocycles. The molecule has 2 aromatic carbocycles. The Morgan fingerprint density at radius 1 is 1.14 bits per heavy atom. The average molecular weight is 636 g/mol. The van der Waals surface area contributed by atoms with Gasteiger partial charge in [0.15, 0.2) is 22.5 Å². The molecule has 0 spiro atoms. The molecule has 2 aromatic heterocycles. The molecule has 1 atom stereocenters. The molecule has 0 bridgehead atoms. The van der Waals surface area contributed by atoms with E-state index >= 15 is 0 Å². The summed E-state index contributed by atoms with van der Waals surface area (Å²) in [5.74, 6) is 0.912. The minimum Gasteiger partial charge on any atom is -0.493 e. The first kappa shape index (κ1) is 30.7. The van der Waals surface area contributed by atoms with Crippen LogP contribution in [0.15, 0.2) is 64.2 Å². The summed E-state index contributed by atoms with van der Waals surface area (Å²) in [7, 11) is 4.87. The maximum Gasteiger partial charge on any atom is 0.273 e. The quantitative estimate of drug-likeness (QED) is 0.142. The van der Waals surface area contributed by atoms with Crippen molar-refractivity contribution in [2.45, 2.75) is 31.1 Å². The van der Waals surface area contributed by atoms with Crippen molar-refractivity contribution in [3.8, 4) is 11.5 Å². The smallest absolute Gasteiger partial charge is 0.273 e. The Morgan fingerprint density at radius 3 is 2.64 bits per heavy atom. The lowest BCUT2D eigenvalue weighted by Crippen LogP contribution is -2.29. The van der Waals surface area contributed by atoms with Crippen molar-refractivity contribution in [1.82, 2.24) is 25.1 Å². The van der Waals surface area contributed by atoms with Gasteiger partial charge in [-0.3, -0.25) is 19.7 Å². The van der Waals surface area contributed by atoms with Crippen molar-refractivity contribution in [1.29, 1.82) is 0 Å². The summed E-state index contributed by atoms with van der Waals surface area (Å²) >= 11 is 2.76. The van der Waals surface area contributed by atoms with Crippen LogP contribution in [-0.2, 0) is 18.4 Å². The number of amides is 2. The summed E-state index contributed by atoms with van der Waals surface area (Å²) in [4.78, 5) is 38.1. The first-order chi connectivity index (χ1) is 21.2. The number of thiophene rings is 1. The van der Waals surface area contributed by atoms with Crippen LogP contribution in [0.5, 0.6) is 11.5 Å². The molecule has 13 nitrogen and oxygen atoms in total. The molecule has 5 rings (SSSR count). The molecule has 0 saturated carbocycles. The minimum absolute atomic E-state index is 0.0369. The number of para-hydroxylation sites is 1. The van der Waals surface area contributed by atoms with E-state index in [-0.39, 0.29) is 35.0 Å². The van der Waals surface area contributed by atoms with E-state index < -0.39 is 16.9 Å². The number of aromatic nitrogens is 3. The number of nitrogens with zero attached hydrogens (tertiary/aromatic N) is 6. The fourth-order valence-electron chi connectivity index (χ4n) is 4.89. The first-order valence-electron chi connectivity index (χ1n) is 13.4. The number of ether oxygens (including phenoxy) is 2. The topological polar surface area (TPSA) is 154 Å². The van der Waals surface area contributed by atoms with Gasteiger partial charge in [0.2, 0.25) is 0 Å².